The number of nitrogens with one attached hydrogen (secondary N) is 2. The van der Waals surface area contributed by atoms with Gasteiger partial charge in [0.25, 0.3) is 5.91 Å². The van der Waals surface area contributed by atoms with Gasteiger partial charge in [-0.15, -0.1) is 0 Å². The van der Waals surface area contributed by atoms with Gasteiger partial charge in [0.15, 0.2) is 0 Å². The van der Waals surface area contributed by atoms with Crippen molar-refractivity contribution in [3.63, 3.8) is 0 Å². The number of hydrogen-bond donors (Lipinski definition) is 4. The van der Waals surface area contributed by atoms with Crippen LogP contribution < -0.4 is 15.5 Å². The molecule has 0 radical (unpaired) electrons. The zero-order valence-electron chi connectivity index (χ0n) is 21.6. The Hall–Kier alpha value is -3.95. The highest BCUT2D eigenvalue weighted by molar-refractivity contribution is 9.10. The summed E-state index contributed by atoms with van der Waals surface area (Å²) in [4.78, 5) is 25.1. The molecule has 196 valence electrons. The van der Waals surface area contributed by atoms with E-state index in [4.69, 9.17) is 11.1 Å². The van der Waals surface area contributed by atoms with E-state index in [0.29, 0.717) is 33.4 Å². The average Bonchev–Trinajstić information content (AvgIpc) is 3.20. The number of carbonyl (C=O) groups is 2. The van der Waals surface area contributed by atoms with Gasteiger partial charge in [-0.2, -0.15) is 0 Å². The fraction of sp³-hybridized carbons (Fsp3) is 0.207. The molecule has 0 saturated carbocycles. The Bertz CT molecular complexity index is 1530. The molecule has 0 atom stereocenters. The molecule has 0 spiro atoms. The van der Waals surface area contributed by atoms with E-state index in [0.717, 1.165) is 26.6 Å². The van der Waals surface area contributed by atoms with Crippen LogP contribution in [0.5, 0.6) is 0 Å². The Morgan fingerprint density at radius 2 is 1.76 bits per heavy atom. The minimum absolute atomic E-state index is 0.196. The molecule has 1 aromatic heterocycles. The van der Waals surface area contributed by atoms with Crippen LogP contribution in [-0.4, -0.2) is 48.5 Å². The van der Waals surface area contributed by atoms with Gasteiger partial charge in [0.1, 0.15) is 17.2 Å². The molecular weight excluding hydrogens is 546 g/mol. The number of amides is 1. The van der Waals surface area contributed by atoms with Gasteiger partial charge in [0.2, 0.25) is 0 Å². The minimum atomic E-state index is -1.02. The van der Waals surface area contributed by atoms with E-state index < -0.39 is 5.97 Å². The lowest BCUT2D eigenvalue weighted by Gasteiger charge is -2.23. The van der Waals surface area contributed by atoms with Crippen molar-refractivity contribution < 1.29 is 14.7 Å². The van der Waals surface area contributed by atoms with Gasteiger partial charge in [-0.3, -0.25) is 19.5 Å². The van der Waals surface area contributed by atoms with Crippen LogP contribution in [0.4, 0.5) is 5.69 Å². The molecule has 0 aliphatic heterocycles. The summed E-state index contributed by atoms with van der Waals surface area (Å²) in [6.45, 7) is 0.612. The number of quaternary nitrogens is 1. The first kappa shape index (κ1) is 27.1. The molecule has 4 aromatic rings. The highest BCUT2D eigenvalue weighted by Crippen LogP contribution is 2.27. The lowest BCUT2D eigenvalue weighted by atomic mass is 9.97. The van der Waals surface area contributed by atoms with Gasteiger partial charge >= 0.3 is 5.97 Å². The molecular formula is C29H31BrN5O3+. The Kier molecular flexibility index (Phi) is 7.71. The first-order chi connectivity index (χ1) is 17.9. The summed E-state index contributed by atoms with van der Waals surface area (Å²) in [5.41, 5.74) is 10.7. The molecule has 8 nitrogen and oxygen atoms in total. The predicted octanol–water partition coefficient (Wildman–Crippen LogP) is 4.49. The third-order valence-corrected chi connectivity index (χ3v) is 6.97. The molecule has 9 heteroatoms. The van der Waals surface area contributed by atoms with Crippen LogP contribution in [0.15, 0.2) is 71.2 Å². The first-order valence-electron chi connectivity index (χ1n) is 12.1. The van der Waals surface area contributed by atoms with Crippen molar-refractivity contribution in [2.45, 2.75) is 19.5 Å². The molecule has 0 unspecified atom stereocenters. The van der Waals surface area contributed by atoms with Gasteiger partial charge in [0, 0.05) is 34.0 Å². The summed E-state index contributed by atoms with van der Waals surface area (Å²) in [7, 11) is 6.30. The average molecular weight is 578 g/mol. The molecule has 38 heavy (non-hydrogen) atoms. The normalized spacial score (nSPS) is 11.5. The van der Waals surface area contributed by atoms with E-state index in [1.165, 1.54) is 0 Å². The van der Waals surface area contributed by atoms with E-state index >= 15 is 0 Å². The fourth-order valence-electron chi connectivity index (χ4n) is 4.50. The molecule has 0 bridgehead atoms. The SMILES string of the molecule is C[N+](C)(C)c1ccc(CNC(=O)c2cc3cc(Br)ccc3n2Cc2cccc(C(=N)N)c2CC(=O)O)cc1. The van der Waals surface area contributed by atoms with Gasteiger partial charge in [-0.25, -0.2) is 0 Å². The van der Waals surface area contributed by atoms with Gasteiger partial charge in [-0.05, 0) is 53.1 Å². The molecule has 0 aliphatic rings. The number of nitrogens with zero attached hydrogens (tertiary/aromatic N) is 2. The number of carboxylic acids is 1. The Labute approximate surface area is 229 Å². The molecule has 1 amide bonds. The molecule has 4 rings (SSSR count). The number of benzene rings is 3. The van der Waals surface area contributed by atoms with Gasteiger partial charge in [0.05, 0.1) is 27.6 Å². The van der Waals surface area contributed by atoms with Crippen LogP contribution in [0.25, 0.3) is 10.9 Å². The third-order valence-electron chi connectivity index (χ3n) is 6.48. The lowest BCUT2D eigenvalue weighted by Crippen LogP contribution is -2.34. The van der Waals surface area contributed by atoms with Gasteiger partial charge < -0.3 is 20.7 Å². The number of carboxylic acid groups (broad SMARTS) is 1. The number of rotatable bonds is 9. The summed E-state index contributed by atoms with van der Waals surface area (Å²) < 4.78 is 3.47. The Morgan fingerprint density at radius 3 is 2.39 bits per heavy atom. The maximum Gasteiger partial charge on any atom is 0.307 e. The van der Waals surface area contributed by atoms with E-state index in [1.807, 2.05) is 47.0 Å². The van der Waals surface area contributed by atoms with Crippen LogP contribution in [0.3, 0.4) is 0 Å². The maximum absolute atomic E-state index is 13.5. The summed E-state index contributed by atoms with van der Waals surface area (Å²) in [5, 5.41) is 21.3. The molecule has 0 fully saturated rings. The van der Waals surface area contributed by atoms with Crippen LogP contribution in [0.1, 0.15) is 32.7 Å². The topological polar surface area (TPSA) is 121 Å². The summed E-state index contributed by atoms with van der Waals surface area (Å²) in [6.07, 6.45) is -0.277. The van der Waals surface area contributed by atoms with E-state index in [9.17, 15) is 14.7 Å². The van der Waals surface area contributed by atoms with E-state index in [2.05, 4.69) is 54.5 Å². The second kappa shape index (κ2) is 10.8. The van der Waals surface area contributed by atoms with Gasteiger partial charge in [-0.1, -0.05) is 46.3 Å². The van der Waals surface area contributed by atoms with E-state index in [-0.39, 0.29) is 24.7 Å². The molecule has 5 N–H and O–H groups in total. The van der Waals surface area contributed by atoms with Crippen LogP contribution in [-0.2, 0) is 24.3 Å². The highest BCUT2D eigenvalue weighted by Gasteiger charge is 2.20. The smallest absolute Gasteiger partial charge is 0.307 e. The highest BCUT2D eigenvalue weighted by atomic mass is 79.9. The Morgan fingerprint density at radius 1 is 1.05 bits per heavy atom. The number of aromatic nitrogens is 1. The number of aliphatic carboxylic acids is 1. The standard InChI is InChI=1S/C29H30BrN5O3/c1-35(2,3)22-10-7-18(8-11-22)16-33-29(38)26-14-20-13-21(30)9-12-25(20)34(26)17-19-5-4-6-23(28(31)32)24(19)15-27(36)37/h4-14H,15-17H2,1-3H3,(H4-,31,32,33,36,37,38)/p+1. The van der Waals surface area contributed by atoms with E-state index in [1.54, 1.807) is 12.1 Å². The predicted molar refractivity (Wildman–Crippen MR) is 155 cm³/mol. The molecule has 3 aromatic carbocycles. The number of amidine groups is 1. The molecule has 1 heterocycles. The van der Waals surface area contributed by atoms with Crippen molar-refractivity contribution in [2.75, 3.05) is 21.1 Å². The van der Waals surface area contributed by atoms with Crippen molar-refractivity contribution in [3.05, 3.63) is 99.2 Å². The lowest BCUT2D eigenvalue weighted by molar-refractivity contribution is -0.136. The van der Waals surface area contributed by atoms with Crippen molar-refractivity contribution in [3.8, 4) is 0 Å². The quantitative estimate of drug-likeness (QED) is 0.133. The van der Waals surface area contributed by atoms with Crippen molar-refractivity contribution in [1.82, 2.24) is 14.4 Å². The summed E-state index contributed by atoms with van der Waals surface area (Å²) >= 11 is 3.50. The number of nitrogen functional groups attached to an aromatic ring is 1. The van der Waals surface area contributed by atoms with Crippen molar-refractivity contribution >= 4 is 50.2 Å². The first-order valence-corrected chi connectivity index (χ1v) is 12.9. The zero-order chi connectivity index (χ0) is 27.6. The second-order valence-corrected chi connectivity index (χ2v) is 11.0. The fourth-order valence-corrected chi connectivity index (χ4v) is 4.88. The Balaban J connectivity index is 1.69. The van der Waals surface area contributed by atoms with Crippen LogP contribution in [0, 0.1) is 5.41 Å². The number of hydrogen-bond acceptors (Lipinski definition) is 3. The summed E-state index contributed by atoms with van der Waals surface area (Å²) in [6, 6.07) is 20.9. The number of halogens is 1. The van der Waals surface area contributed by atoms with Crippen LogP contribution in [0.2, 0.25) is 0 Å². The largest absolute Gasteiger partial charge is 0.481 e. The number of carbonyl (C=O) groups excluding carboxylic acids is 1. The molecule has 0 saturated heterocycles. The summed E-state index contributed by atoms with van der Waals surface area (Å²) in [5.74, 6) is -1.45. The van der Waals surface area contributed by atoms with Crippen molar-refractivity contribution in [2.24, 2.45) is 5.73 Å². The zero-order valence-corrected chi connectivity index (χ0v) is 23.2. The third kappa shape index (κ3) is 5.95. The number of fused-ring (bicyclic) bond motifs is 1. The maximum atomic E-state index is 13.5. The minimum Gasteiger partial charge on any atom is -0.481 e. The van der Waals surface area contributed by atoms with Crippen LogP contribution >= 0.6 is 15.9 Å². The number of nitrogens with two attached hydrogens (primary N) is 1. The van der Waals surface area contributed by atoms with Crippen molar-refractivity contribution in [1.29, 1.82) is 5.41 Å². The monoisotopic (exact) mass is 576 g/mol. The second-order valence-electron chi connectivity index (χ2n) is 10.1. The molecule has 0 aliphatic carbocycles.